The van der Waals surface area contributed by atoms with Crippen molar-refractivity contribution in [2.24, 2.45) is 0 Å². The van der Waals surface area contributed by atoms with Crippen LogP contribution < -0.4 is 0 Å². The quantitative estimate of drug-likeness (QED) is 0.643. The van der Waals surface area contributed by atoms with Gasteiger partial charge in [-0.25, -0.2) is 9.78 Å². The lowest BCUT2D eigenvalue weighted by atomic mass is 10.1. The van der Waals surface area contributed by atoms with Crippen LogP contribution in [0.5, 0.6) is 0 Å². The van der Waals surface area contributed by atoms with Gasteiger partial charge in [-0.3, -0.25) is 0 Å². The first-order chi connectivity index (χ1) is 6.65. The summed E-state index contributed by atoms with van der Waals surface area (Å²) < 4.78 is 0. The molecule has 0 bridgehead atoms. The number of alkyl halides is 1. The Balaban J connectivity index is 3.15. The number of halogens is 2. The zero-order chi connectivity index (χ0) is 10.6. The standard InChI is InChI=1S/C9H7Cl2NO2/c10-3-1-2-6-5-12-8(11)4-7(6)9(13)14/h1-2,4-5H,3H2,(H,13,14). The van der Waals surface area contributed by atoms with E-state index in [1.54, 1.807) is 12.2 Å². The molecule has 1 heterocycles. The lowest BCUT2D eigenvalue weighted by Gasteiger charge is -2.00. The molecule has 0 unspecified atom stereocenters. The highest BCUT2D eigenvalue weighted by Gasteiger charge is 2.08. The van der Waals surface area contributed by atoms with E-state index >= 15 is 0 Å². The molecule has 5 heteroatoms. The Morgan fingerprint density at radius 1 is 1.64 bits per heavy atom. The number of aromatic nitrogens is 1. The highest BCUT2D eigenvalue weighted by Crippen LogP contribution is 2.14. The number of nitrogens with zero attached hydrogens (tertiary/aromatic N) is 1. The molecule has 14 heavy (non-hydrogen) atoms. The maximum atomic E-state index is 10.8. The molecular formula is C9H7Cl2NO2. The summed E-state index contributed by atoms with van der Waals surface area (Å²) in [5.74, 6) is -0.717. The van der Waals surface area contributed by atoms with Crippen molar-refractivity contribution in [1.82, 2.24) is 4.98 Å². The van der Waals surface area contributed by atoms with Gasteiger partial charge in [-0.1, -0.05) is 23.8 Å². The monoisotopic (exact) mass is 231 g/mol. The van der Waals surface area contributed by atoms with Crippen molar-refractivity contribution in [3.8, 4) is 0 Å². The Morgan fingerprint density at radius 2 is 2.36 bits per heavy atom. The summed E-state index contributed by atoms with van der Waals surface area (Å²) in [7, 11) is 0. The van der Waals surface area contributed by atoms with E-state index in [0.717, 1.165) is 0 Å². The van der Waals surface area contributed by atoms with Gasteiger partial charge in [-0.15, -0.1) is 11.6 Å². The second-order valence-corrected chi connectivity index (χ2v) is 3.15. The lowest BCUT2D eigenvalue weighted by molar-refractivity contribution is 0.0696. The Bertz CT molecular complexity index is 377. The number of carboxylic acids is 1. The third-order valence-corrected chi connectivity index (χ3v) is 1.90. The van der Waals surface area contributed by atoms with Crippen LogP contribution in [-0.4, -0.2) is 21.9 Å². The largest absolute Gasteiger partial charge is 0.478 e. The Morgan fingerprint density at radius 3 is 2.93 bits per heavy atom. The Hall–Kier alpha value is -1.06. The molecule has 0 saturated carbocycles. The molecule has 1 rings (SSSR count). The highest BCUT2D eigenvalue weighted by molar-refractivity contribution is 6.29. The van der Waals surface area contributed by atoms with Crippen LogP contribution >= 0.6 is 23.2 Å². The predicted molar refractivity (Wildman–Crippen MR) is 56.0 cm³/mol. The van der Waals surface area contributed by atoms with Crippen LogP contribution in [0.4, 0.5) is 0 Å². The van der Waals surface area contributed by atoms with Gasteiger partial charge >= 0.3 is 5.97 Å². The summed E-state index contributed by atoms with van der Waals surface area (Å²) in [5.41, 5.74) is 0.605. The first-order valence-electron chi connectivity index (χ1n) is 3.76. The number of carbonyl (C=O) groups is 1. The number of hydrogen-bond acceptors (Lipinski definition) is 2. The van der Waals surface area contributed by atoms with E-state index in [1.807, 2.05) is 0 Å². The maximum absolute atomic E-state index is 10.8. The number of rotatable bonds is 3. The molecule has 0 atom stereocenters. The Labute approximate surface area is 91.0 Å². The molecule has 1 aromatic rings. The molecule has 74 valence electrons. The number of aromatic carboxylic acids is 1. The first kappa shape index (κ1) is 11.0. The van der Waals surface area contributed by atoms with Crippen molar-refractivity contribution in [2.45, 2.75) is 0 Å². The zero-order valence-corrected chi connectivity index (χ0v) is 8.59. The number of pyridine rings is 1. The van der Waals surface area contributed by atoms with Gasteiger partial charge in [0.1, 0.15) is 5.15 Å². The zero-order valence-electron chi connectivity index (χ0n) is 7.08. The predicted octanol–water partition coefficient (Wildman–Crippen LogP) is 2.69. The maximum Gasteiger partial charge on any atom is 0.336 e. The summed E-state index contributed by atoms with van der Waals surface area (Å²) in [5, 5.41) is 8.99. The summed E-state index contributed by atoms with van der Waals surface area (Å²) in [6.45, 7) is 0. The van der Waals surface area contributed by atoms with Crippen LogP contribution in [0.25, 0.3) is 6.08 Å². The summed E-state index contributed by atoms with van der Waals surface area (Å²) in [6, 6.07) is 1.30. The molecule has 3 nitrogen and oxygen atoms in total. The van der Waals surface area contributed by atoms with Crippen molar-refractivity contribution in [3.63, 3.8) is 0 Å². The molecule has 0 radical (unpaired) electrons. The molecule has 0 aliphatic carbocycles. The molecule has 0 saturated heterocycles. The fourth-order valence-corrected chi connectivity index (χ4v) is 1.18. The van der Waals surface area contributed by atoms with Crippen LogP contribution in [0.15, 0.2) is 18.3 Å². The highest BCUT2D eigenvalue weighted by atomic mass is 35.5. The second kappa shape index (κ2) is 4.98. The topological polar surface area (TPSA) is 50.2 Å². The molecule has 0 aliphatic rings. The molecule has 0 aliphatic heterocycles. The second-order valence-electron chi connectivity index (χ2n) is 2.46. The van der Waals surface area contributed by atoms with Crippen LogP contribution in [0, 0.1) is 0 Å². The van der Waals surface area contributed by atoms with Crippen molar-refractivity contribution < 1.29 is 9.90 Å². The number of hydrogen-bond donors (Lipinski definition) is 1. The number of carboxylic acid groups (broad SMARTS) is 1. The minimum absolute atomic E-state index is 0.117. The smallest absolute Gasteiger partial charge is 0.336 e. The van der Waals surface area contributed by atoms with Crippen molar-refractivity contribution in [2.75, 3.05) is 5.88 Å². The molecule has 0 fully saturated rings. The minimum Gasteiger partial charge on any atom is -0.478 e. The van der Waals surface area contributed by atoms with E-state index in [0.29, 0.717) is 11.4 Å². The molecule has 1 aromatic heterocycles. The van der Waals surface area contributed by atoms with Crippen molar-refractivity contribution in [3.05, 3.63) is 34.6 Å². The average molecular weight is 232 g/mol. The summed E-state index contributed by atoms with van der Waals surface area (Å²) in [6.07, 6.45) is 4.63. The fourth-order valence-electron chi connectivity index (χ4n) is 0.930. The van der Waals surface area contributed by atoms with Gasteiger partial charge in [-0.05, 0) is 6.07 Å². The van der Waals surface area contributed by atoms with Gasteiger partial charge in [0.25, 0.3) is 0 Å². The SMILES string of the molecule is O=C(O)c1cc(Cl)ncc1C=CCCl. The molecule has 0 amide bonds. The third kappa shape index (κ3) is 2.72. The molecule has 0 aromatic carbocycles. The Kier molecular flexibility index (Phi) is 3.92. The van der Waals surface area contributed by atoms with Gasteiger partial charge in [-0.2, -0.15) is 0 Å². The van der Waals surface area contributed by atoms with Crippen LogP contribution in [0.2, 0.25) is 5.15 Å². The molecule has 0 spiro atoms. The van der Waals surface area contributed by atoms with Crippen LogP contribution in [0.3, 0.4) is 0 Å². The molecular weight excluding hydrogens is 225 g/mol. The lowest BCUT2D eigenvalue weighted by Crippen LogP contribution is -2.00. The number of allylic oxidation sites excluding steroid dienone is 1. The fraction of sp³-hybridized carbons (Fsp3) is 0.111. The van der Waals surface area contributed by atoms with E-state index in [9.17, 15) is 4.79 Å². The van der Waals surface area contributed by atoms with E-state index in [-0.39, 0.29) is 10.7 Å². The van der Waals surface area contributed by atoms with Gasteiger partial charge in [0, 0.05) is 17.6 Å². The van der Waals surface area contributed by atoms with Gasteiger partial charge in [0.2, 0.25) is 0 Å². The van der Waals surface area contributed by atoms with E-state index in [1.165, 1.54) is 12.3 Å². The van der Waals surface area contributed by atoms with Crippen LogP contribution in [0.1, 0.15) is 15.9 Å². The van der Waals surface area contributed by atoms with E-state index in [2.05, 4.69) is 4.98 Å². The van der Waals surface area contributed by atoms with Gasteiger partial charge < -0.3 is 5.11 Å². The first-order valence-corrected chi connectivity index (χ1v) is 4.67. The van der Waals surface area contributed by atoms with E-state index < -0.39 is 5.97 Å². The summed E-state index contributed by atoms with van der Waals surface area (Å²) >= 11 is 11.0. The van der Waals surface area contributed by atoms with Crippen molar-refractivity contribution in [1.29, 1.82) is 0 Å². The van der Waals surface area contributed by atoms with Gasteiger partial charge in [0.05, 0.1) is 5.56 Å². The van der Waals surface area contributed by atoms with E-state index in [4.69, 9.17) is 28.3 Å². The van der Waals surface area contributed by atoms with Crippen molar-refractivity contribution >= 4 is 35.2 Å². The van der Waals surface area contributed by atoms with Crippen LogP contribution in [-0.2, 0) is 0 Å². The molecule has 1 N–H and O–H groups in total. The minimum atomic E-state index is -1.04. The normalized spacial score (nSPS) is 10.7. The van der Waals surface area contributed by atoms with Gasteiger partial charge in [0.15, 0.2) is 0 Å². The third-order valence-electron chi connectivity index (χ3n) is 1.52. The summed E-state index contributed by atoms with van der Waals surface area (Å²) in [4.78, 5) is 14.6. The average Bonchev–Trinajstić information content (AvgIpc) is 2.15.